The molecular formula is C18H20ClN. The number of hydrogen-bond donors (Lipinski definition) is 1. The van der Waals surface area contributed by atoms with Gasteiger partial charge in [-0.1, -0.05) is 48.9 Å². The highest BCUT2D eigenvalue weighted by Gasteiger charge is 2.20. The van der Waals surface area contributed by atoms with E-state index < -0.39 is 0 Å². The maximum absolute atomic E-state index is 3.65. The average Bonchev–Trinajstić information content (AvgIpc) is 2.86. The van der Waals surface area contributed by atoms with Gasteiger partial charge in [-0.2, -0.15) is 0 Å². The van der Waals surface area contributed by atoms with Gasteiger partial charge in [0.2, 0.25) is 0 Å². The fourth-order valence-electron chi connectivity index (χ4n) is 3.52. The van der Waals surface area contributed by atoms with Gasteiger partial charge < -0.3 is 5.32 Å². The van der Waals surface area contributed by atoms with Gasteiger partial charge in [-0.25, -0.2) is 0 Å². The van der Waals surface area contributed by atoms with Crippen LogP contribution in [0.15, 0.2) is 42.5 Å². The van der Waals surface area contributed by atoms with E-state index in [2.05, 4.69) is 47.8 Å². The Bertz CT molecular complexity index is 615. The van der Waals surface area contributed by atoms with E-state index in [1.807, 2.05) is 0 Å². The molecule has 1 aliphatic heterocycles. The minimum absolute atomic E-state index is 0. The van der Waals surface area contributed by atoms with Crippen LogP contribution in [-0.2, 0) is 6.42 Å². The second kappa shape index (κ2) is 5.59. The maximum atomic E-state index is 3.65. The molecule has 2 heteroatoms. The van der Waals surface area contributed by atoms with Crippen LogP contribution in [-0.4, -0.2) is 6.54 Å². The molecule has 104 valence electrons. The zero-order valence-corrected chi connectivity index (χ0v) is 12.4. The predicted octanol–water partition coefficient (Wildman–Crippen LogP) is 4.49. The van der Waals surface area contributed by atoms with Crippen molar-refractivity contribution in [2.45, 2.75) is 31.7 Å². The van der Waals surface area contributed by atoms with Crippen molar-refractivity contribution >= 4 is 12.4 Å². The SMILES string of the molecule is Cl.c1ccc2c(c1)Cc1cc([C@@H]3CCCCN3)ccc1-2. The van der Waals surface area contributed by atoms with Crippen LogP contribution >= 0.6 is 12.4 Å². The molecule has 0 unspecified atom stereocenters. The monoisotopic (exact) mass is 285 g/mol. The molecule has 4 rings (SSSR count). The highest BCUT2D eigenvalue weighted by atomic mass is 35.5. The standard InChI is InChI=1S/C18H19N.ClH/c1-2-6-16-13(5-1)11-15-12-14(8-9-17(15)16)18-7-3-4-10-19-18;/h1-2,5-6,8-9,12,18-19H,3-4,7,10-11H2;1H/t18-;/m0./s1. The quantitative estimate of drug-likeness (QED) is 0.694. The van der Waals surface area contributed by atoms with E-state index in [9.17, 15) is 0 Å². The lowest BCUT2D eigenvalue weighted by Crippen LogP contribution is -2.26. The fourth-order valence-corrected chi connectivity index (χ4v) is 3.52. The van der Waals surface area contributed by atoms with Crippen molar-refractivity contribution in [2.75, 3.05) is 6.54 Å². The van der Waals surface area contributed by atoms with Crippen LogP contribution in [0.2, 0.25) is 0 Å². The zero-order valence-electron chi connectivity index (χ0n) is 11.6. The molecule has 2 aromatic carbocycles. The summed E-state index contributed by atoms with van der Waals surface area (Å²) in [4.78, 5) is 0. The van der Waals surface area contributed by atoms with Gasteiger partial charge in [-0.05, 0) is 53.6 Å². The molecule has 0 radical (unpaired) electrons. The van der Waals surface area contributed by atoms with Crippen LogP contribution in [0.25, 0.3) is 11.1 Å². The molecule has 1 saturated heterocycles. The third kappa shape index (κ3) is 2.25. The van der Waals surface area contributed by atoms with E-state index in [0.717, 1.165) is 6.42 Å². The molecule has 0 saturated carbocycles. The first-order chi connectivity index (χ1) is 9.42. The van der Waals surface area contributed by atoms with Gasteiger partial charge in [-0.15, -0.1) is 12.4 Å². The van der Waals surface area contributed by atoms with Crippen LogP contribution in [0, 0.1) is 0 Å². The van der Waals surface area contributed by atoms with E-state index in [4.69, 9.17) is 0 Å². The molecule has 1 aliphatic carbocycles. The molecule has 2 aromatic rings. The summed E-state index contributed by atoms with van der Waals surface area (Å²) in [7, 11) is 0. The molecule has 0 aromatic heterocycles. The second-order valence-corrected chi connectivity index (χ2v) is 5.75. The van der Waals surface area contributed by atoms with Gasteiger partial charge in [0, 0.05) is 6.04 Å². The predicted molar refractivity (Wildman–Crippen MR) is 86.5 cm³/mol. The van der Waals surface area contributed by atoms with Crippen LogP contribution in [0.5, 0.6) is 0 Å². The van der Waals surface area contributed by atoms with Gasteiger partial charge >= 0.3 is 0 Å². The lowest BCUT2D eigenvalue weighted by atomic mass is 9.94. The molecule has 0 amide bonds. The van der Waals surface area contributed by atoms with Crippen LogP contribution in [0.4, 0.5) is 0 Å². The van der Waals surface area contributed by atoms with Crippen LogP contribution in [0.3, 0.4) is 0 Å². The van der Waals surface area contributed by atoms with Crippen LogP contribution in [0.1, 0.15) is 42.0 Å². The van der Waals surface area contributed by atoms with Crippen molar-refractivity contribution < 1.29 is 0 Å². The summed E-state index contributed by atoms with van der Waals surface area (Å²) in [6.45, 7) is 1.17. The normalized spacial score (nSPS) is 19.9. The van der Waals surface area contributed by atoms with Gasteiger partial charge in [0.1, 0.15) is 0 Å². The average molecular weight is 286 g/mol. The lowest BCUT2D eigenvalue weighted by molar-refractivity contribution is 0.412. The molecule has 0 bridgehead atoms. The number of benzene rings is 2. The van der Waals surface area contributed by atoms with Gasteiger partial charge in [-0.3, -0.25) is 0 Å². The number of piperidine rings is 1. The van der Waals surface area contributed by atoms with E-state index >= 15 is 0 Å². The molecule has 20 heavy (non-hydrogen) atoms. The van der Waals surface area contributed by atoms with Crippen molar-refractivity contribution in [1.82, 2.24) is 5.32 Å². The minimum atomic E-state index is 0. The molecule has 1 nitrogen and oxygen atoms in total. The van der Waals surface area contributed by atoms with Gasteiger partial charge in [0.05, 0.1) is 0 Å². The molecule has 1 atom stereocenters. The number of hydrogen-bond acceptors (Lipinski definition) is 1. The lowest BCUT2D eigenvalue weighted by Gasteiger charge is -2.24. The molecular weight excluding hydrogens is 266 g/mol. The van der Waals surface area contributed by atoms with Gasteiger partial charge in [0.15, 0.2) is 0 Å². The molecule has 2 aliphatic rings. The van der Waals surface area contributed by atoms with E-state index in [0.29, 0.717) is 6.04 Å². The van der Waals surface area contributed by atoms with Crippen molar-refractivity contribution in [3.8, 4) is 11.1 Å². The largest absolute Gasteiger partial charge is 0.310 e. The summed E-state index contributed by atoms with van der Waals surface area (Å²) >= 11 is 0. The third-order valence-electron chi connectivity index (χ3n) is 4.53. The summed E-state index contributed by atoms with van der Waals surface area (Å²) in [5.74, 6) is 0. The Hall–Kier alpha value is -1.31. The Labute approximate surface area is 126 Å². The second-order valence-electron chi connectivity index (χ2n) is 5.75. The Balaban J connectivity index is 0.00000121. The number of halogens is 1. The zero-order chi connectivity index (χ0) is 12.7. The third-order valence-corrected chi connectivity index (χ3v) is 4.53. The first-order valence-corrected chi connectivity index (χ1v) is 7.36. The molecule has 1 fully saturated rings. The minimum Gasteiger partial charge on any atom is -0.310 e. The summed E-state index contributed by atoms with van der Waals surface area (Å²) in [6, 6.07) is 16.4. The van der Waals surface area contributed by atoms with E-state index in [1.165, 1.54) is 53.6 Å². The smallest absolute Gasteiger partial charge is 0.0320 e. The number of nitrogens with one attached hydrogen (secondary N) is 1. The van der Waals surface area contributed by atoms with Crippen molar-refractivity contribution in [3.05, 3.63) is 59.2 Å². The van der Waals surface area contributed by atoms with Crippen molar-refractivity contribution in [1.29, 1.82) is 0 Å². The van der Waals surface area contributed by atoms with E-state index in [-0.39, 0.29) is 12.4 Å². The topological polar surface area (TPSA) is 12.0 Å². The Kier molecular flexibility index (Phi) is 3.82. The summed E-state index contributed by atoms with van der Waals surface area (Å²) < 4.78 is 0. The first-order valence-electron chi connectivity index (χ1n) is 7.36. The number of rotatable bonds is 1. The Morgan fingerprint density at radius 2 is 1.75 bits per heavy atom. The molecule has 1 N–H and O–H groups in total. The highest BCUT2D eigenvalue weighted by Crippen LogP contribution is 2.38. The Morgan fingerprint density at radius 3 is 2.60 bits per heavy atom. The highest BCUT2D eigenvalue weighted by molar-refractivity contribution is 5.85. The van der Waals surface area contributed by atoms with Gasteiger partial charge in [0.25, 0.3) is 0 Å². The summed E-state index contributed by atoms with van der Waals surface area (Å²) in [6.07, 6.45) is 5.07. The molecule has 0 spiro atoms. The maximum Gasteiger partial charge on any atom is 0.0320 e. The Morgan fingerprint density at radius 1 is 0.900 bits per heavy atom. The van der Waals surface area contributed by atoms with Crippen molar-refractivity contribution in [3.63, 3.8) is 0 Å². The molecule has 1 heterocycles. The fraction of sp³-hybridized carbons (Fsp3) is 0.333. The summed E-state index contributed by atoms with van der Waals surface area (Å²) in [5.41, 5.74) is 7.33. The summed E-state index contributed by atoms with van der Waals surface area (Å²) in [5, 5.41) is 3.65. The van der Waals surface area contributed by atoms with Crippen LogP contribution < -0.4 is 5.32 Å². The number of fused-ring (bicyclic) bond motifs is 3. The van der Waals surface area contributed by atoms with E-state index in [1.54, 1.807) is 0 Å². The first kappa shape index (κ1) is 13.7. The van der Waals surface area contributed by atoms with Crippen molar-refractivity contribution in [2.24, 2.45) is 0 Å².